The fourth-order valence-corrected chi connectivity index (χ4v) is 4.36. The zero-order valence-corrected chi connectivity index (χ0v) is 16.7. The first-order chi connectivity index (χ1) is 14.1. The summed E-state index contributed by atoms with van der Waals surface area (Å²) in [5.41, 5.74) is 2.69. The van der Waals surface area contributed by atoms with Crippen LogP contribution in [0.5, 0.6) is 0 Å². The van der Waals surface area contributed by atoms with Gasteiger partial charge in [-0.05, 0) is 42.3 Å². The quantitative estimate of drug-likeness (QED) is 0.672. The van der Waals surface area contributed by atoms with Gasteiger partial charge in [-0.3, -0.25) is 10.2 Å². The van der Waals surface area contributed by atoms with Crippen molar-refractivity contribution in [2.24, 2.45) is 5.92 Å². The fourth-order valence-electron chi connectivity index (χ4n) is 4.17. The smallest absolute Gasteiger partial charge is 0.329 e. The summed E-state index contributed by atoms with van der Waals surface area (Å²) in [5.74, 6) is 1.54. The number of amides is 2. The van der Waals surface area contributed by atoms with Crippen LogP contribution >= 0.6 is 11.6 Å². The maximum atomic E-state index is 13.3. The molecule has 2 aliphatic heterocycles. The molecule has 0 saturated carbocycles. The first-order valence-electron chi connectivity index (χ1n) is 9.63. The van der Waals surface area contributed by atoms with Gasteiger partial charge in [0, 0.05) is 29.9 Å². The third-order valence-corrected chi connectivity index (χ3v) is 5.80. The van der Waals surface area contributed by atoms with Crippen LogP contribution in [0.2, 0.25) is 5.02 Å². The van der Waals surface area contributed by atoms with Crippen LogP contribution < -0.4 is 15.1 Å². The Morgan fingerprint density at radius 2 is 2.03 bits per heavy atom. The molecule has 29 heavy (non-hydrogen) atoms. The molecule has 1 fully saturated rings. The first-order valence-corrected chi connectivity index (χ1v) is 10.0. The zero-order chi connectivity index (χ0) is 20.0. The molecule has 0 radical (unpaired) electrons. The monoisotopic (exact) mass is 405 g/mol. The number of hydrogen-bond acceptors (Lipinski definition) is 4. The summed E-state index contributed by atoms with van der Waals surface area (Å²) >= 11 is 6.17. The van der Waals surface area contributed by atoms with Crippen LogP contribution in [0, 0.1) is 5.92 Å². The highest BCUT2D eigenvalue weighted by Gasteiger charge is 2.44. The highest BCUT2D eigenvalue weighted by molar-refractivity contribution is 6.30. The lowest BCUT2D eigenvalue weighted by Gasteiger charge is -2.36. The van der Waals surface area contributed by atoms with Crippen molar-refractivity contribution in [2.45, 2.75) is 13.0 Å². The fraction of sp³-hybridized carbons (Fsp3) is 0.227. The number of halogens is 1. The van der Waals surface area contributed by atoms with Gasteiger partial charge in [-0.15, -0.1) is 0 Å². The van der Waals surface area contributed by atoms with E-state index in [-0.39, 0.29) is 12.1 Å². The van der Waals surface area contributed by atoms with E-state index in [2.05, 4.69) is 22.1 Å². The molecule has 2 atom stereocenters. The van der Waals surface area contributed by atoms with Crippen LogP contribution in [0.25, 0.3) is 11.3 Å². The van der Waals surface area contributed by atoms with Gasteiger partial charge < -0.3 is 4.90 Å². The lowest BCUT2D eigenvalue weighted by molar-refractivity contribution is 0.253. The van der Waals surface area contributed by atoms with Crippen molar-refractivity contribution in [1.82, 2.24) is 9.97 Å². The first kappa shape index (κ1) is 17.9. The van der Waals surface area contributed by atoms with Crippen molar-refractivity contribution in [2.75, 3.05) is 28.2 Å². The summed E-state index contributed by atoms with van der Waals surface area (Å²) in [6.45, 7) is 3.89. The molecule has 2 amide bonds. The average Bonchev–Trinajstić information content (AvgIpc) is 3.05. The molecule has 2 aliphatic rings. The number of carbonyl (C=O) groups is 1. The Bertz CT molecular complexity index is 1070. The Labute approximate surface area is 174 Å². The van der Waals surface area contributed by atoms with Gasteiger partial charge in [0.15, 0.2) is 5.82 Å². The SMILES string of the molecule is C[C@@H]1CN2C[C@H]1N(C(=O)Nc1ccccn1)c1nc(-c3cccc(Cl)c3)ccc12. The normalized spacial score (nSPS) is 19.8. The molecule has 0 unspecified atom stereocenters. The highest BCUT2D eigenvalue weighted by atomic mass is 35.5. The van der Waals surface area contributed by atoms with Crippen molar-refractivity contribution < 1.29 is 4.79 Å². The summed E-state index contributed by atoms with van der Waals surface area (Å²) in [7, 11) is 0. The molecule has 0 spiro atoms. The second-order valence-corrected chi connectivity index (χ2v) is 7.95. The molecule has 6 nitrogen and oxygen atoms in total. The molecule has 5 rings (SSSR count). The molecular formula is C22H20ClN5O. The third kappa shape index (κ3) is 3.19. The van der Waals surface area contributed by atoms with Crippen LogP contribution in [-0.4, -0.2) is 35.1 Å². The van der Waals surface area contributed by atoms with E-state index in [1.54, 1.807) is 17.2 Å². The number of aromatic nitrogens is 2. The molecule has 146 valence electrons. The molecule has 0 aliphatic carbocycles. The lowest BCUT2D eigenvalue weighted by Crippen LogP contribution is -2.50. The van der Waals surface area contributed by atoms with E-state index in [0.717, 1.165) is 30.0 Å². The number of hydrogen-bond donors (Lipinski definition) is 1. The standard InChI is InChI=1S/C22H20ClN5O/c1-14-12-27-13-19(14)28(22(29)26-20-7-2-3-10-24-20)21-18(27)9-8-17(25-21)15-5-4-6-16(23)11-15/h2-11,14,19H,12-13H2,1H3,(H,24,26,29)/t14-,19-/m1/s1. The molecule has 7 heteroatoms. The van der Waals surface area contributed by atoms with Crippen molar-refractivity contribution in [1.29, 1.82) is 0 Å². The number of nitrogens with zero attached hydrogens (tertiary/aromatic N) is 4. The molecule has 4 heterocycles. The van der Waals surface area contributed by atoms with Gasteiger partial charge in [0.25, 0.3) is 0 Å². The van der Waals surface area contributed by atoms with E-state index in [1.807, 2.05) is 48.5 Å². The summed E-state index contributed by atoms with van der Waals surface area (Å²) in [4.78, 5) is 26.5. The number of carbonyl (C=O) groups excluding carboxylic acids is 1. The maximum Gasteiger partial charge on any atom is 0.329 e. The molecule has 2 aromatic heterocycles. The average molecular weight is 406 g/mol. The Morgan fingerprint density at radius 3 is 2.83 bits per heavy atom. The van der Waals surface area contributed by atoms with E-state index >= 15 is 0 Å². The maximum absolute atomic E-state index is 13.3. The van der Waals surface area contributed by atoms with Gasteiger partial charge >= 0.3 is 6.03 Å². The summed E-state index contributed by atoms with van der Waals surface area (Å²) in [6, 6.07) is 16.9. The molecule has 1 saturated heterocycles. The van der Waals surface area contributed by atoms with Crippen LogP contribution in [0.3, 0.4) is 0 Å². The highest BCUT2D eigenvalue weighted by Crippen LogP contribution is 2.42. The lowest BCUT2D eigenvalue weighted by atomic mass is 10.0. The number of benzene rings is 1. The predicted octanol–water partition coefficient (Wildman–Crippen LogP) is 4.67. The summed E-state index contributed by atoms with van der Waals surface area (Å²) < 4.78 is 0. The van der Waals surface area contributed by atoms with Gasteiger partial charge in [-0.2, -0.15) is 0 Å². The molecule has 3 aromatic rings. The second kappa shape index (κ2) is 7.04. The number of urea groups is 1. The number of nitrogens with one attached hydrogen (secondary N) is 1. The van der Waals surface area contributed by atoms with Crippen molar-refractivity contribution in [3.05, 3.63) is 65.8 Å². The van der Waals surface area contributed by atoms with Gasteiger partial charge in [0.1, 0.15) is 5.82 Å². The largest absolute Gasteiger partial charge is 0.366 e. The van der Waals surface area contributed by atoms with E-state index in [4.69, 9.17) is 16.6 Å². The molecular weight excluding hydrogens is 386 g/mol. The van der Waals surface area contributed by atoms with E-state index in [9.17, 15) is 4.79 Å². The van der Waals surface area contributed by atoms with Gasteiger partial charge in [-0.25, -0.2) is 14.8 Å². The third-order valence-electron chi connectivity index (χ3n) is 5.57. The predicted molar refractivity (Wildman–Crippen MR) is 116 cm³/mol. The number of anilines is 3. The van der Waals surface area contributed by atoms with Gasteiger partial charge in [0.05, 0.1) is 17.4 Å². The zero-order valence-electron chi connectivity index (χ0n) is 15.9. The van der Waals surface area contributed by atoms with Gasteiger partial charge in [-0.1, -0.05) is 36.7 Å². The van der Waals surface area contributed by atoms with Gasteiger partial charge in [0.2, 0.25) is 0 Å². The molecule has 1 N–H and O–H groups in total. The van der Waals surface area contributed by atoms with Crippen molar-refractivity contribution in [3.8, 4) is 11.3 Å². The Kier molecular flexibility index (Phi) is 4.36. The van der Waals surface area contributed by atoms with Crippen LogP contribution in [0.1, 0.15) is 6.92 Å². The number of fused-ring (bicyclic) bond motifs is 4. The minimum atomic E-state index is -0.209. The minimum Gasteiger partial charge on any atom is -0.366 e. The van der Waals surface area contributed by atoms with Crippen molar-refractivity contribution in [3.63, 3.8) is 0 Å². The van der Waals surface area contributed by atoms with Crippen LogP contribution in [0.15, 0.2) is 60.8 Å². The molecule has 1 aromatic carbocycles. The topological polar surface area (TPSA) is 61.4 Å². The Morgan fingerprint density at radius 1 is 1.14 bits per heavy atom. The van der Waals surface area contributed by atoms with E-state index in [1.165, 1.54) is 0 Å². The van der Waals surface area contributed by atoms with Crippen LogP contribution in [0.4, 0.5) is 22.1 Å². The van der Waals surface area contributed by atoms with Crippen molar-refractivity contribution >= 4 is 35.0 Å². The van der Waals surface area contributed by atoms with Crippen LogP contribution in [-0.2, 0) is 0 Å². The summed E-state index contributed by atoms with van der Waals surface area (Å²) in [5, 5.41) is 3.58. The Hall–Kier alpha value is -3.12. The minimum absolute atomic E-state index is 0.0633. The summed E-state index contributed by atoms with van der Waals surface area (Å²) in [6.07, 6.45) is 1.66. The van der Waals surface area contributed by atoms with E-state index in [0.29, 0.717) is 22.6 Å². The number of pyridine rings is 2. The second-order valence-electron chi connectivity index (χ2n) is 7.51. The van der Waals surface area contributed by atoms with E-state index < -0.39 is 0 Å². The molecule has 2 bridgehead atoms. The Balaban J connectivity index is 1.57. The number of rotatable bonds is 2.